The van der Waals surface area contributed by atoms with Crippen molar-refractivity contribution in [1.29, 1.82) is 0 Å². The van der Waals surface area contributed by atoms with Gasteiger partial charge in [-0.3, -0.25) is 9.69 Å². The highest BCUT2D eigenvalue weighted by molar-refractivity contribution is 5.83. The summed E-state index contributed by atoms with van der Waals surface area (Å²) < 4.78 is 6.09. The number of carbonyl (C=O) groups is 1. The van der Waals surface area contributed by atoms with E-state index in [1.54, 1.807) is 0 Å². The van der Waals surface area contributed by atoms with E-state index in [0.29, 0.717) is 5.92 Å². The average molecular weight is 299 g/mol. The second-order valence-corrected chi connectivity index (χ2v) is 7.24. The van der Waals surface area contributed by atoms with Crippen LogP contribution in [0.3, 0.4) is 0 Å². The van der Waals surface area contributed by atoms with Crippen LogP contribution in [0, 0.1) is 5.92 Å². The summed E-state index contributed by atoms with van der Waals surface area (Å²) in [6, 6.07) is 10.3. The summed E-state index contributed by atoms with van der Waals surface area (Å²) in [5.74, 6) is 0.623. The number of carbonyl (C=O) groups excluding carboxylic acids is 1. The van der Waals surface area contributed by atoms with Crippen LogP contribution in [0.4, 0.5) is 0 Å². The summed E-state index contributed by atoms with van der Waals surface area (Å²) in [7, 11) is 0. The standard InChI is InChI=1S/C19H25NO2/c21-18(22-17-14-20-12-8-15(17)9-13-20)19(10-4-5-11-19)16-6-2-1-3-7-16/h1-3,6-7,15,17H,4-5,8-14H2. The summed E-state index contributed by atoms with van der Waals surface area (Å²) in [6.45, 7) is 3.31. The molecule has 2 bridgehead atoms. The Bertz CT molecular complexity index is 528. The van der Waals surface area contributed by atoms with Crippen molar-refractivity contribution in [3.8, 4) is 0 Å². The molecule has 3 aliphatic heterocycles. The summed E-state index contributed by atoms with van der Waals surface area (Å²) in [5.41, 5.74) is 0.770. The number of hydrogen-bond acceptors (Lipinski definition) is 3. The Hall–Kier alpha value is -1.35. The Morgan fingerprint density at radius 1 is 1.09 bits per heavy atom. The molecule has 0 radical (unpaired) electrons. The van der Waals surface area contributed by atoms with Crippen LogP contribution in [-0.2, 0) is 14.9 Å². The number of esters is 1. The van der Waals surface area contributed by atoms with Gasteiger partial charge in [-0.15, -0.1) is 0 Å². The lowest BCUT2D eigenvalue weighted by molar-refractivity contribution is -0.165. The molecule has 3 nitrogen and oxygen atoms in total. The van der Waals surface area contributed by atoms with Crippen LogP contribution in [0.5, 0.6) is 0 Å². The molecule has 0 aromatic heterocycles. The largest absolute Gasteiger partial charge is 0.460 e. The summed E-state index contributed by atoms with van der Waals surface area (Å²) in [6.07, 6.45) is 6.64. The van der Waals surface area contributed by atoms with Crippen molar-refractivity contribution < 1.29 is 9.53 Å². The first-order chi connectivity index (χ1) is 10.8. The SMILES string of the molecule is O=C(OC1CN2CCC1CC2)C1(c2ccccc2)CCCC1. The molecule has 3 saturated heterocycles. The minimum absolute atomic E-state index is 0.0370. The Kier molecular flexibility index (Phi) is 3.69. The lowest BCUT2D eigenvalue weighted by Crippen LogP contribution is -2.53. The zero-order valence-corrected chi connectivity index (χ0v) is 13.2. The number of piperidine rings is 3. The third-order valence-electron chi connectivity index (χ3n) is 6.03. The molecule has 118 valence electrons. The van der Waals surface area contributed by atoms with E-state index in [0.717, 1.165) is 37.8 Å². The van der Waals surface area contributed by atoms with Crippen molar-refractivity contribution in [2.75, 3.05) is 19.6 Å². The molecule has 4 aliphatic rings. The maximum Gasteiger partial charge on any atom is 0.316 e. The lowest BCUT2D eigenvalue weighted by Gasteiger charge is -2.45. The van der Waals surface area contributed by atoms with Gasteiger partial charge in [-0.2, -0.15) is 0 Å². The molecule has 1 saturated carbocycles. The molecular weight excluding hydrogens is 274 g/mol. The average Bonchev–Trinajstić information content (AvgIpc) is 3.08. The molecule has 1 atom stereocenters. The smallest absolute Gasteiger partial charge is 0.316 e. The van der Waals surface area contributed by atoms with E-state index >= 15 is 0 Å². The van der Waals surface area contributed by atoms with Crippen LogP contribution in [0.2, 0.25) is 0 Å². The molecule has 22 heavy (non-hydrogen) atoms. The Morgan fingerprint density at radius 2 is 1.77 bits per heavy atom. The topological polar surface area (TPSA) is 29.5 Å². The van der Waals surface area contributed by atoms with E-state index in [-0.39, 0.29) is 17.5 Å². The fourth-order valence-corrected chi connectivity index (χ4v) is 4.64. The second kappa shape index (κ2) is 5.69. The van der Waals surface area contributed by atoms with Crippen LogP contribution in [0.15, 0.2) is 30.3 Å². The molecule has 4 fully saturated rings. The van der Waals surface area contributed by atoms with Gasteiger partial charge in [0.25, 0.3) is 0 Å². The Morgan fingerprint density at radius 3 is 2.36 bits per heavy atom. The Balaban J connectivity index is 1.54. The van der Waals surface area contributed by atoms with E-state index in [4.69, 9.17) is 4.74 Å². The predicted molar refractivity (Wildman–Crippen MR) is 85.6 cm³/mol. The highest BCUT2D eigenvalue weighted by Gasteiger charge is 2.46. The minimum atomic E-state index is -0.382. The van der Waals surface area contributed by atoms with Crippen molar-refractivity contribution in [3.05, 3.63) is 35.9 Å². The van der Waals surface area contributed by atoms with Gasteiger partial charge in [0.05, 0.1) is 5.41 Å². The molecule has 3 heterocycles. The zero-order valence-electron chi connectivity index (χ0n) is 13.2. The van der Waals surface area contributed by atoms with E-state index in [1.807, 2.05) is 18.2 Å². The van der Waals surface area contributed by atoms with E-state index in [1.165, 1.54) is 25.9 Å². The normalized spacial score (nSPS) is 32.8. The van der Waals surface area contributed by atoms with E-state index < -0.39 is 0 Å². The minimum Gasteiger partial charge on any atom is -0.460 e. The summed E-state index contributed by atoms with van der Waals surface area (Å²) in [5, 5.41) is 0. The number of hydrogen-bond donors (Lipinski definition) is 0. The van der Waals surface area contributed by atoms with Crippen LogP contribution in [0.1, 0.15) is 44.1 Å². The van der Waals surface area contributed by atoms with E-state index in [2.05, 4.69) is 17.0 Å². The maximum absolute atomic E-state index is 13.1. The second-order valence-electron chi connectivity index (χ2n) is 7.24. The number of nitrogens with zero attached hydrogens (tertiary/aromatic N) is 1. The molecule has 1 aromatic carbocycles. The van der Waals surface area contributed by atoms with Gasteiger partial charge in [0.15, 0.2) is 0 Å². The van der Waals surface area contributed by atoms with Gasteiger partial charge in [-0.05, 0) is 50.3 Å². The van der Waals surface area contributed by atoms with E-state index in [9.17, 15) is 4.79 Å². The highest BCUT2D eigenvalue weighted by atomic mass is 16.5. The van der Waals surface area contributed by atoms with Crippen molar-refractivity contribution in [2.24, 2.45) is 5.92 Å². The summed E-state index contributed by atoms with van der Waals surface area (Å²) >= 11 is 0. The van der Waals surface area contributed by atoms with Crippen LogP contribution in [0.25, 0.3) is 0 Å². The van der Waals surface area contributed by atoms with Crippen molar-refractivity contribution in [3.63, 3.8) is 0 Å². The molecule has 1 aromatic rings. The molecule has 0 spiro atoms. The number of rotatable bonds is 3. The number of benzene rings is 1. The maximum atomic E-state index is 13.1. The van der Waals surface area contributed by atoms with Gasteiger partial charge >= 0.3 is 5.97 Å². The molecule has 0 N–H and O–H groups in total. The molecule has 1 unspecified atom stereocenters. The fraction of sp³-hybridized carbons (Fsp3) is 0.632. The first kappa shape index (κ1) is 14.3. The predicted octanol–water partition coefficient (Wildman–Crippen LogP) is 3.14. The number of ether oxygens (including phenoxy) is 1. The third-order valence-corrected chi connectivity index (χ3v) is 6.03. The Labute approximate surface area is 132 Å². The van der Waals surface area contributed by atoms with Crippen LogP contribution >= 0.6 is 0 Å². The van der Waals surface area contributed by atoms with Crippen LogP contribution in [-0.4, -0.2) is 36.6 Å². The third kappa shape index (κ3) is 2.36. The van der Waals surface area contributed by atoms with Gasteiger partial charge in [-0.1, -0.05) is 43.2 Å². The molecule has 0 amide bonds. The first-order valence-electron chi connectivity index (χ1n) is 8.77. The van der Waals surface area contributed by atoms with Gasteiger partial charge < -0.3 is 4.74 Å². The fourth-order valence-electron chi connectivity index (χ4n) is 4.64. The van der Waals surface area contributed by atoms with Crippen molar-refractivity contribution >= 4 is 5.97 Å². The first-order valence-corrected chi connectivity index (χ1v) is 8.77. The summed E-state index contributed by atoms with van der Waals surface area (Å²) in [4.78, 5) is 15.5. The highest BCUT2D eigenvalue weighted by Crippen LogP contribution is 2.43. The monoisotopic (exact) mass is 299 g/mol. The van der Waals surface area contributed by atoms with Gasteiger partial charge in [0.2, 0.25) is 0 Å². The van der Waals surface area contributed by atoms with Gasteiger partial charge in [0.1, 0.15) is 6.10 Å². The van der Waals surface area contributed by atoms with Gasteiger partial charge in [0, 0.05) is 6.54 Å². The quantitative estimate of drug-likeness (QED) is 0.803. The van der Waals surface area contributed by atoms with Crippen LogP contribution < -0.4 is 0 Å². The zero-order chi connectivity index (χ0) is 15.0. The molecular formula is C19H25NO2. The molecule has 3 heteroatoms. The molecule has 5 rings (SSSR count). The van der Waals surface area contributed by atoms with Crippen molar-refractivity contribution in [1.82, 2.24) is 4.90 Å². The number of fused-ring (bicyclic) bond motifs is 3. The van der Waals surface area contributed by atoms with Gasteiger partial charge in [-0.25, -0.2) is 0 Å². The van der Waals surface area contributed by atoms with Crippen molar-refractivity contribution in [2.45, 2.75) is 50.0 Å². The lowest BCUT2D eigenvalue weighted by atomic mass is 9.78. The molecule has 1 aliphatic carbocycles.